The number of nitrogens with zero attached hydrogens (tertiary/aromatic N) is 1. The van der Waals surface area contributed by atoms with Crippen molar-refractivity contribution < 1.29 is 14.7 Å². The molecule has 1 N–H and O–H groups in total. The minimum atomic E-state index is -0.882. The molecular formula is C15H17NO3. The van der Waals surface area contributed by atoms with Crippen LogP contribution in [0.3, 0.4) is 0 Å². The number of carbonyl (C=O) groups is 2. The summed E-state index contributed by atoms with van der Waals surface area (Å²) in [6, 6.07) is 9.07. The number of piperidine rings is 1. The largest absolute Gasteiger partial charge is 0.465 e. The van der Waals surface area contributed by atoms with Gasteiger partial charge in [-0.3, -0.25) is 4.79 Å². The summed E-state index contributed by atoms with van der Waals surface area (Å²) in [5.41, 5.74) is 0.657. The Hall–Kier alpha value is -2.10. The van der Waals surface area contributed by atoms with Gasteiger partial charge in [0, 0.05) is 18.7 Å². The van der Waals surface area contributed by atoms with E-state index in [1.165, 1.54) is 4.90 Å². The summed E-state index contributed by atoms with van der Waals surface area (Å²) in [4.78, 5) is 24.2. The quantitative estimate of drug-likeness (QED) is 0.670. The van der Waals surface area contributed by atoms with Crippen molar-refractivity contribution in [2.75, 3.05) is 13.1 Å². The molecule has 1 atom stereocenters. The number of rotatable bonds is 3. The number of allylic oxidation sites excluding steroid dienone is 1. The second-order valence-corrected chi connectivity index (χ2v) is 4.72. The zero-order valence-electron chi connectivity index (χ0n) is 10.7. The number of carbonyl (C=O) groups excluding carboxylic acids is 1. The average molecular weight is 259 g/mol. The molecule has 1 aliphatic rings. The fourth-order valence-electron chi connectivity index (χ4n) is 2.26. The minimum Gasteiger partial charge on any atom is -0.465 e. The van der Waals surface area contributed by atoms with Crippen molar-refractivity contribution in [2.45, 2.75) is 12.8 Å². The second-order valence-electron chi connectivity index (χ2n) is 4.72. The molecule has 1 aromatic rings. The SMILES string of the molecule is O=C(/C=C/C1CCCN(C(=O)O)C1)c1ccccc1. The molecule has 19 heavy (non-hydrogen) atoms. The smallest absolute Gasteiger partial charge is 0.407 e. The van der Waals surface area contributed by atoms with Gasteiger partial charge in [0.2, 0.25) is 0 Å². The molecule has 1 unspecified atom stereocenters. The highest BCUT2D eigenvalue weighted by atomic mass is 16.4. The van der Waals surface area contributed by atoms with E-state index >= 15 is 0 Å². The molecule has 1 heterocycles. The van der Waals surface area contributed by atoms with Crippen LogP contribution < -0.4 is 0 Å². The summed E-state index contributed by atoms with van der Waals surface area (Å²) >= 11 is 0. The Morgan fingerprint density at radius 2 is 2.00 bits per heavy atom. The topological polar surface area (TPSA) is 57.6 Å². The van der Waals surface area contributed by atoms with Crippen LogP contribution in [0.25, 0.3) is 0 Å². The van der Waals surface area contributed by atoms with Crippen LogP contribution in [0, 0.1) is 5.92 Å². The van der Waals surface area contributed by atoms with Gasteiger partial charge >= 0.3 is 6.09 Å². The summed E-state index contributed by atoms with van der Waals surface area (Å²) < 4.78 is 0. The van der Waals surface area contributed by atoms with Gasteiger partial charge in [0.25, 0.3) is 0 Å². The van der Waals surface area contributed by atoms with Crippen molar-refractivity contribution >= 4 is 11.9 Å². The van der Waals surface area contributed by atoms with Crippen molar-refractivity contribution in [3.63, 3.8) is 0 Å². The van der Waals surface area contributed by atoms with E-state index in [9.17, 15) is 9.59 Å². The van der Waals surface area contributed by atoms with Crippen molar-refractivity contribution in [1.82, 2.24) is 4.90 Å². The number of likely N-dealkylation sites (tertiary alicyclic amines) is 1. The van der Waals surface area contributed by atoms with Crippen LogP contribution >= 0.6 is 0 Å². The Bertz CT molecular complexity index is 481. The van der Waals surface area contributed by atoms with Gasteiger partial charge in [-0.15, -0.1) is 0 Å². The second kappa shape index (κ2) is 6.18. The first-order valence-corrected chi connectivity index (χ1v) is 6.42. The van der Waals surface area contributed by atoms with E-state index in [0.717, 1.165) is 12.8 Å². The van der Waals surface area contributed by atoms with Crippen LogP contribution in [0.15, 0.2) is 42.5 Å². The molecule has 0 bridgehead atoms. The van der Waals surface area contributed by atoms with Gasteiger partial charge in [-0.05, 0) is 24.8 Å². The molecule has 0 aromatic heterocycles. The van der Waals surface area contributed by atoms with Crippen LogP contribution in [-0.2, 0) is 0 Å². The molecule has 0 spiro atoms. The Morgan fingerprint density at radius 3 is 2.68 bits per heavy atom. The predicted octanol–water partition coefficient (Wildman–Crippen LogP) is 2.82. The Labute approximate surface area is 112 Å². The lowest BCUT2D eigenvalue weighted by Crippen LogP contribution is -2.38. The van der Waals surface area contributed by atoms with Crippen LogP contribution in [-0.4, -0.2) is 35.0 Å². The van der Waals surface area contributed by atoms with Crippen LogP contribution in [0.5, 0.6) is 0 Å². The standard InChI is InChI=1S/C15H17NO3/c17-14(13-6-2-1-3-7-13)9-8-12-5-4-10-16(11-12)15(18)19/h1-3,6-9,12H,4-5,10-11H2,(H,18,19)/b9-8+. The summed E-state index contributed by atoms with van der Waals surface area (Å²) in [6.45, 7) is 1.07. The fourth-order valence-corrected chi connectivity index (χ4v) is 2.26. The van der Waals surface area contributed by atoms with E-state index in [2.05, 4.69) is 0 Å². The molecule has 4 heteroatoms. The molecule has 0 radical (unpaired) electrons. The Morgan fingerprint density at radius 1 is 1.26 bits per heavy atom. The van der Waals surface area contributed by atoms with Crippen molar-refractivity contribution in [3.05, 3.63) is 48.0 Å². The normalized spacial score (nSPS) is 19.6. The summed E-state index contributed by atoms with van der Waals surface area (Å²) in [7, 11) is 0. The molecule has 1 aromatic carbocycles. The van der Waals surface area contributed by atoms with Gasteiger partial charge in [-0.25, -0.2) is 4.79 Å². The molecule has 1 fully saturated rings. The maximum absolute atomic E-state index is 11.9. The number of carboxylic acid groups (broad SMARTS) is 1. The summed E-state index contributed by atoms with van der Waals surface area (Å²) in [5.74, 6) is 0.102. The third-order valence-corrected chi connectivity index (χ3v) is 3.31. The highest BCUT2D eigenvalue weighted by molar-refractivity contribution is 6.04. The van der Waals surface area contributed by atoms with E-state index in [-0.39, 0.29) is 11.7 Å². The van der Waals surface area contributed by atoms with Gasteiger partial charge in [-0.1, -0.05) is 36.4 Å². The van der Waals surface area contributed by atoms with Gasteiger partial charge in [-0.2, -0.15) is 0 Å². The first-order valence-electron chi connectivity index (χ1n) is 6.42. The molecule has 100 valence electrons. The van der Waals surface area contributed by atoms with E-state index in [0.29, 0.717) is 18.7 Å². The predicted molar refractivity (Wildman–Crippen MR) is 72.2 cm³/mol. The van der Waals surface area contributed by atoms with Gasteiger partial charge in [0.05, 0.1) is 0 Å². The number of ketones is 1. The zero-order chi connectivity index (χ0) is 13.7. The Kier molecular flexibility index (Phi) is 4.34. The number of hydrogen-bond donors (Lipinski definition) is 1. The molecule has 2 rings (SSSR count). The summed E-state index contributed by atoms with van der Waals surface area (Å²) in [6.07, 6.45) is 4.30. The summed E-state index contributed by atoms with van der Waals surface area (Å²) in [5, 5.41) is 8.95. The molecule has 1 saturated heterocycles. The van der Waals surface area contributed by atoms with Gasteiger partial charge < -0.3 is 10.0 Å². The first kappa shape index (κ1) is 13.3. The lowest BCUT2D eigenvalue weighted by Gasteiger charge is -2.28. The molecule has 1 amide bonds. The van der Waals surface area contributed by atoms with Crippen molar-refractivity contribution in [1.29, 1.82) is 0 Å². The first-order chi connectivity index (χ1) is 9.16. The zero-order valence-corrected chi connectivity index (χ0v) is 10.7. The van der Waals surface area contributed by atoms with E-state index in [1.54, 1.807) is 18.2 Å². The molecule has 1 aliphatic heterocycles. The lowest BCUT2D eigenvalue weighted by molar-refractivity contribution is 0.104. The highest BCUT2D eigenvalue weighted by Crippen LogP contribution is 2.18. The van der Waals surface area contributed by atoms with Crippen molar-refractivity contribution in [2.24, 2.45) is 5.92 Å². The van der Waals surface area contributed by atoms with E-state index < -0.39 is 6.09 Å². The molecular weight excluding hydrogens is 242 g/mol. The fraction of sp³-hybridized carbons (Fsp3) is 0.333. The maximum Gasteiger partial charge on any atom is 0.407 e. The number of benzene rings is 1. The third kappa shape index (κ3) is 3.68. The molecule has 0 aliphatic carbocycles. The lowest BCUT2D eigenvalue weighted by atomic mass is 9.97. The highest BCUT2D eigenvalue weighted by Gasteiger charge is 2.21. The van der Waals surface area contributed by atoms with Crippen LogP contribution in [0.2, 0.25) is 0 Å². The number of hydrogen-bond acceptors (Lipinski definition) is 2. The average Bonchev–Trinajstić information content (AvgIpc) is 2.46. The van der Waals surface area contributed by atoms with Gasteiger partial charge in [0.1, 0.15) is 0 Å². The Balaban J connectivity index is 1.95. The van der Waals surface area contributed by atoms with Crippen LogP contribution in [0.1, 0.15) is 23.2 Å². The van der Waals surface area contributed by atoms with Gasteiger partial charge in [0.15, 0.2) is 5.78 Å². The third-order valence-electron chi connectivity index (χ3n) is 3.31. The monoisotopic (exact) mass is 259 g/mol. The van der Waals surface area contributed by atoms with Crippen LogP contribution in [0.4, 0.5) is 4.79 Å². The van der Waals surface area contributed by atoms with Crippen molar-refractivity contribution in [3.8, 4) is 0 Å². The van der Waals surface area contributed by atoms with E-state index in [4.69, 9.17) is 5.11 Å². The number of amides is 1. The maximum atomic E-state index is 11.9. The van der Waals surface area contributed by atoms with E-state index in [1.807, 2.05) is 24.3 Å². The minimum absolute atomic E-state index is 0.0342. The molecule has 4 nitrogen and oxygen atoms in total. The molecule has 0 saturated carbocycles.